The van der Waals surface area contributed by atoms with E-state index >= 15 is 0 Å². The lowest BCUT2D eigenvalue weighted by atomic mass is 9.95. The second-order valence-electron chi connectivity index (χ2n) is 11.3. The Labute approximate surface area is 216 Å². The molecule has 2 aliphatic heterocycles. The normalized spacial score (nSPS) is 17.3. The number of carbonyl (C=O) groups is 1. The highest BCUT2D eigenvalue weighted by Gasteiger charge is 2.25. The van der Waals surface area contributed by atoms with E-state index in [1.54, 1.807) is 6.07 Å². The van der Waals surface area contributed by atoms with E-state index < -0.39 is 0 Å². The molecule has 1 fully saturated rings. The number of phenolic OH excluding ortho intramolecular Hbond substituents is 1. The van der Waals surface area contributed by atoms with Crippen molar-refractivity contribution in [2.75, 3.05) is 49.1 Å². The number of hydrogen-bond donors (Lipinski definition) is 1. The van der Waals surface area contributed by atoms with E-state index in [0.29, 0.717) is 18.7 Å². The van der Waals surface area contributed by atoms with Gasteiger partial charge in [-0.05, 0) is 50.8 Å². The summed E-state index contributed by atoms with van der Waals surface area (Å²) in [5, 5.41) is 10.3. The molecule has 7 nitrogen and oxygen atoms in total. The standard InChI is InChI=1S/C29H43N5O2/c1-5-10-22-21-26(31-28(30-22)29(2,3)4)33-19-17-32(18-20-33)15-6-7-16-34-24-12-9-13-25(35)23(24)11-8-14-27(34)36/h9,12-13,21,35H,5-8,10-11,14-20H2,1-4H3. The summed E-state index contributed by atoms with van der Waals surface area (Å²) in [5.74, 6) is 2.49. The highest BCUT2D eigenvalue weighted by atomic mass is 16.3. The van der Waals surface area contributed by atoms with Crippen LogP contribution in [0.3, 0.4) is 0 Å². The second kappa shape index (κ2) is 11.6. The third kappa shape index (κ3) is 6.36. The zero-order chi connectivity index (χ0) is 25.7. The van der Waals surface area contributed by atoms with E-state index in [-0.39, 0.29) is 11.3 Å². The summed E-state index contributed by atoms with van der Waals surface area (Å²) in [6.07, 6.45) is 6.20. The van der Waals surface area contributed by atoms with Crippen LogP contribution in [-0.2, 0) is 23.1 Å². The molecule has 0 aliphatic carbocycles. The Morgan fingerprint density at radius 3 is 2.47 bits per heavy atom. The number of rotatable bonds is 8. The molecule has 1 saturated heterocycles. The number of anilines is 2. The van der Waals surface area contributed by atoms with Gasteiger partial charge in [0.2, 0.25) is 5.91 Å². The van der Waals surface area contributed by atoms with Gasteiger partial charge in [0.05, 0.1) is 5.69 Å². The molecule has 1 amide bonds. The number of nitrogens with zero attached hydrogens (tertiary/aromatic N) is 5. The Hall–Kier alpha value is -2.67. The first-order chi connectivity index (χ1) is 17.3. The topological polar surface area (TPSA) is 72.8 Å². The third-order valence-electron chi connectivity index (χ3n) is 7.28. The molecule has 0 atom stereocenters. The van der Waals surface area contributed by atoms with Gasteiger partial charge in [0.15, 0.2) is 0 Å². The maximum atomic E-state index is 12.7. The Balaban J connectivity index is 1.29. The Kier molecular flexibility index (Phi) is 8.50. The molecule has 0 radical (unpaired) electrons. The van der Waals surface area contributed by atoms with E-state index in [9.17, 15) is 9.90 Å². The molecule has 0 saturated carbocycles. The number of benzene rings is 1. The van der Waals surface area contributed by atoms with E-state index in [1.165, 1.54) is 0 Å². The van der Waals surface area contributed by atoms with Crippen LogP contribution >= 0.6 is 0 Å². The van der Waals surface area contributed by atoms with Crippen molar-refractivity contribution in [3.8, 4) is 5.75 Å². The van der Waals surface area contributed by atoms with Gasteiger partial charge >= 0.3 is 0 Å². The monoisotopic (exact) mass is 493 g/mol. The number of aromatic hydroxyl groups is 1. The van der Waals surface area contributed by atoms with E-state index in [4.69, 9.17) is 9.97 Å². The molecule has 0 bridgehead atoms. The van der Waals surface area contributed by atoms with Gasteiger partial charge in [-0.3, -0.25) is 9.69 Å². The van der Waals surface area contributed by atoms with Gasteiger partial charge in [-0.25, -0.2) is 9.97 Å². The largest absolute Gasteiger partial charge is 0.508 e. The maximum absolute atomic E-state index is 12.7. The third-order valence-corrected chi connectivity index (χ3v) is 7.28. The van der Waals surface area contributed by atoms with Crippen molar-refractivity contribution in [2.24, 2.45) is 0 Å². The number of aromatic nitrogens is 2. The molecule has 0 unspecified atom stereocenters. The summed E-state index contributed by atoms with van der Waals surface area (Å²) in [5.41, 5.74) is 2.90. The van der Waals surface area contributed by atoms with E-state index in [1.807, 2.05) is 17.0 Å². The first kappa shape index (κ1) is 26.4. The summed E-state index contributed by atoms with van der Waals surface area (Å²) >= 11 is 0. The van der Waals surface area contributed by atoms with Gasteiger partial charge in [-0.2, -0.15) is 0 Å². The van der Waals surface area contributed by atoms with Crippen LogP contribution < -0.4 is 9.80 Å². The Morgan fingerprint density at radius 2 is 1.75 bits per heavy atom. The van der Waals surface area contributed by atoms with Crippen LogP contribution in [-0.4, -0.2) is 65.2 Å². The van der Waals surface area contributed by atoms with Gasteiger partial charge in [-0.15, -0.1) is 0 Å². The summed E-state index contributed by atoms with van der Waals surface area (Å²) in [6.45, 7) is 14.5. The van der Waals surface area contributed by atoms with Gasteiger partial charge < -0.3 is 14.9 Å². The molecule has 3 heterocycles. The molecule has 1 aromatic carbocycles. The number of fused-ring (bicyclic) bond motifs is 1. The quantitative estimate of drug-likeness (QED) is 0.537. The molecular weight excluding hydrogens is 450 g/mol. The Bertz CT molecular complexity index is 1040. The van der Waals surface area contributed by atoms with Crippen molar-refractivity contribution in [1.29, 1.82) is 0 Å². The van der Waals surface area contributed by atoms with Gasteiger partial charge in [0.25, 0.3) is 0 Å². The highest BCUT2D eigenvalue weighted by Crippen LogP contribution is 2.33. The van der Waals surface area contributed by atoms with Crippen LogP contribution in [0.5, 0.6) is 5.75 Å². The molecule has 7 heteroatoms. The van der Waals surface area contributed by atoms with Crippen molar-refractivity contribution in [3.63, 3.8) is 0 Å². The molecule has 0 spiro atoms. The minimum Gasteiger partial charge on any atom is -0.508 e. The van der Waals surface area contributed by atoms with E-state index in [0.717, 1.165) is 99.8 Å². The van der Waals surface area contributed by atoms with Crippen LogP contribution in [0.1, 0.15) is 76.9 Å². The predicted octanol–water partition coefficient (Wildman–Crippen LogP) is 4.70. The van der Waals surface area contributed by atoms with Crippen molar-refractivity contribution >= 4 is 17.4 Å². The lowest BCUT2D eigenvalue weighted by molar-refractivity contribution is -0.118. The molecular formula is C29H43N5O2. The number of unbranched alkanes of at least 4 members (excludes halogenated alkanes) is 1. The van der Waals surface area contributed by atoms with Crippen LogP contribution in [0, 0.1) is 0 Å². The van der Waals surface area contributed by atoms with E-state index in [2.05, 4.69) is 43.6 Å². The molecule has 4 rings (SSSR count). The number of aryl methyl sites for hydroxylation is 1. The summed E-state index contributed by atoms with van der Waals surface area (Å²) < 4.78 is 0. The van der Waals surface area contributed by atoms with Crippen LogP contribution in [0.25, 0.3) is 0 Å². The molecule has 1 aromatic heterocycles. The number of hydrogen-bond acceptors (Lipinski definition) is 6. The molecule has 2 aromatic rings. The number of carbonyl (C=O) groups excluding carboxylic acids is 1. The summed E-state index contributed by atoms with van der Waals surface area (Å²) in [7, 11) is 0. The van der Waals surface area contributed by atoms with Gasteiger partial charge in [0.1, 0.15) is 17.4 Å². The molecule has 196 valence electrons. The lowest BCUT2D eigenvalue weighted by Crippen LogP contribution is -2.47. The molecule has 1 N–H and O–H groups in total. The average Bonchev–Trinajstić information content (AvgIpc) is 3.01. The maximum Gasteiger partial charge on any atom is 0.226 e. The lowest BCUT2D eigenvalue weighted by Gasteiger charge is -2.36. The van der Waals surface area contributed by atoms with Crippen molar-refractivity contribution < 1.29 is 9.90 Å². The van der Waals surface area contributed by atoms with Crippen LogP contribution in [0.4, 0.5) is 11.5 Å². The van der Waals surface area contributed by atoms with Gasteiger partial charge in [0, 0.05) is 61.9 Å². The number of phenols is 1. The van der Waals surface area contributed by atoms with Crippen molar-refractivity contribution in [2.45, 2.75) is 78.1 Å². The van der Waals surface area contributed by atoms with Crippen LogP contribution in [0.2, 0.25) is 0 Å². The van der Waals surface area contributed by atoms with Crippen molar-refractivity contribution in [3.05, 3.63) is 41.3 Å². The molecule has 2 aliphatic rings. The number of amides is 1. The first-order valence-electron chi connectivity index (χ1n) is 13.7. The zero-order valence-corrected chi connectivity index (χ0v) is 22.6. The average molecular weight is 494 g/mol. The highest BCUT2D eigenvalue weighted by molar-refractivity contribution is 5.95. The predicted molar refractivity (Wildman–Crippen MR) is 146 cm³/mol. The fourth-order valence-electron chi connectivity index (χ4n) is 5.17. The van der Waals surface area contributed by atoms with Crippen molar-refractivity contribution in [1.82, 2.24) is 14.9 Å². The fraction of sp³-hybridized carbons (Fsp3) is 0.621. The molecule has 36 heavy (non-hydrogen) atoms. The van der Waals surface area contributed by atoms with Gasteiger partial charge in [-0.1, -0.05) is 40.2 Å². The minimum absolute atomic E-state index is 0.0612. The SMILES string of the molecule is CCCc1cc(N2CCN(CCCCN3C(=O)CCCc4c(O)cccc43)CC2)nc(C(C)(C)C)n1. The Morgan fingerprint density at radius 1 is 1.00 bits per heavy atom. The minimum atomic E-state index is -0.0612. The summed E-state index contributed by atoms with van der Waals surface area (Å²) in [4.78, 5) is 29.3. The number of piperazine rings is 1. The second-order valence-corrected chi connectivity index (χ2v) is 11.3. The zero-order valence-electron chi connectivity index (χ0n) is 22.6. The summed E-state index contributed by atoms with van der Waals surface area (Å²) in [6, 6.07) is 7.72. The van der Waals surface area contributed by atoms with Crippen LogP contribution in [0.15, 0.2) is 24.3 Å². The first-order valence-corrected chi connectivity index (χ1v) is 13.7. The smallest absolute Gasteiger partial charge is 0.226 e. The fourth-order valence-corrected chi connectivity index (χ4v) is 5.17.